The Morgan fingerprint density at radius 2 is 1.85 bits per heavy atom. The molecule has 2 aliphatic heterocycles. The number of amides is 2. The van der Waals surface area contributed by atoms with Gasteiger partial charge in [-0.05, 0) is 52.8 Å². The van der Waals surface area contributed by atoms with Crippen LogP contribution in [0.5, 0.6) is 11.5 Å². The van der Waals surface area contributed by atoms with Crippen LogP contribution in [0.1, 0.15) is 33.3 Å². The highest BCUT2D eigenvalue weighted by molar-refractivity contribution is 6.00. The van der Waals surface area contributed by atoms with Crippen LogP contribution in [0, 0.1) is 6.92 Å². The van der Waals surface area contributed by atoms with E-state index in [1.54, 1.807) is 30.1 Å². The number of nitrogens with one attached hydrogen (secondary N) is 1. The second kappa shape index (κ2) is 9.48. The third kappa shape index (κ3) is 4.62. The standard InChI is InChI=1S/C28H33N5O6/c1-16-19(9-8-10-22(16)36-6)31-24-18-11-21(23(37-7)12-20(18)29-15-30-24)33-17(2)28(39-26(33)35)13-32(14-28)25(34)38-27(3,4)5/h8-12,15,17H,13-14H2,1-7H3,(H,29,30,31). The van der Waals surface area contributed by atoms with Crippen LogP contribution >= 0.6 is 0 Å². The van der Waals surface area contributed by atoms with E-state index in [-0.39, 0.29) is 19.1 Å². The van der Waals surface area contributed by atoms with E-state index in [9.17, 15) is 9.59 Å². The number of methoxy groups -OCH3 is 2. The molecule has 0 radical (unpaired) electrons. The summed E-state index contributed by atoms with van der Waals surface area (Å²) >= 11 is 0. The number of likely N-dealkylation sites (tertiary alicyclic amines) is 1. The van der Waals surface area contributed by atoms with Crippen molar-refractivity contribution in [2.45, 2.75) is 51.9 Å². The number of anilines is 3. The number of fused-ring (bicyclic) bond motifs is 1. The monoisotopic (exact) mass is 535 g/mol. The summed E-state index contributed by atoms with van der Waals surface area (Å²) in [7, 11) is 3.17. The van der Waals surface area contributed by atoms with Crippen LogP contribution in [0.2, 0.25) is 0 Å². The number of carbonyl (C=O) groups excluding carboxylic acids is 2. The summed E-state index contributed by atoms with van der Waals surface area (Å²) in [6, 6.07) is 8.94. The molecule has 1 unspecified atom stereocenters. The summed E-state index contributed by atoms with van der Waals surface area (Å²) in [6.45, 7) is 9.79. The van der Waals surface area contributed by atoms with Crippen molar-refractivity contribution in [2.75, 3.05) is 37.5 Å². The fourth-order valence-electron chi connectivity index (χ4n) is 5.02. The van der Waals surface area contributed by atoms with Gasteiger partial charge in [0.2, 0.25) is 0 Å². The molecule has 1 aromatic heterocycles. The van der Waals surface area contributed by atoms with Gasteiger partial charge in [-0.25, -0.2) is 19.6 Å². The lowest BCUT2D eigenvalue weighted by Crippen LogP contribution is -2.68. The number of nitrogens with zero attached hydrogens (tertiary/aromatic N) is 4. The molecule has 11 heteroatoms. The van der Waals surface area contributed by atoms with Crippen molar-refractivity contribution in [2.24, 2.45) is 0 Å². The van der Waals surface area contributed by atoms with E-state index < -0.39 is 23.4 Å². The maximum absolute atomic E-state index is 13.2. The molecule has 11 nitrogen and oxygen atoms in total. The average Bonchev–Trinajstić information content (AvgIpc) is 3.12. The van der Waals surface area contributed by atoms with Gasteiger partial charge in [-0.15, -0.1) is 0 Å². The van der Waals surface area contributed by atoms with E-state index in [0.717, 1.165) is 17.0 Å². The number of ether oxygens (including phenoxy) is 4. The Morgan fingerprint density at radius 1 is 1.13 bits per heavy atom. The van der Waals surface area contributed by atoms with Crippen LogP contribution in [-0.4, -0.2) is 71.6 Å². The molecule has 5 rings (SSSR count). The molecule has 2 aliphatic rings. The van der Waals surface area contributed by atoms with Gasteiger partial charge in [0.1, 0.15) is 29.2 Å². The average molecular weight is 536 g/mol. The van der Waals surface area contributed by atoms with Crippen molar-refractivity contribution in [1.82, 2.24) is 14.9 Å². The van der Waals surface area contributed by atoms with Gasteiger partial charge in [-0.1, -0.05) is 6.07 Å². The van der Waals surface area contributed by atoms with Crippen LogP contribution in [0.25, 0.3) is 10.9 Å². The first kappa shape index (κ1) is 26.3. The Hall–Kier alpha value is -4.28. The van der Waals surface area contributed by atoms with Crippen LogP contribution < -0.4 is 19.7 Å². The molecule has 3 heterocycles. The summed E-state index contributed by atoms with van der Waals surface area (Å²) in [6.07, 6.45) is 0.526. The molecule has 2 amide bonds. The first-order valence-electron chi connectivity index (χ1n) is 12.7. The van der Waals surface area contributed by atoms with Gasteiger partial charge in [0.25, 0.3) is 0 Å². The Balaban J connectivity index is 1.47. The van der Waals surface area contributed by atoms with E-state index in [1.807, 2.05) is 58.9 Å². The third-order valence-corrected chi connectivity index (χ3v) is 7.16. The molecule has 2 fully saturated rings. The van der Waals surface area contributed by atoms with Gasteiger partial charge >= 0.3 is 12.2 Å². The molecule has 3 aromatic rings. The van der Waals surface area contributed by atoms with Crippen LogP contribution in [0.4, 0.5) is 26.8 Å². The van der Waals surface area contributed by atoms with E-state index >= 15 is 0 Å². The van der Waals surface area contributed by atoms with E-state index in [0.29, 0.717) is 28.2 Å². The predicted molar refractivity (Wildman–Crippen MR) is 146 cm³/mol. The van der Waals surface area contributed by atoms with Crippen molar-refractivity contribution in [3.63, 3.8) is 0 Å². The van der Waals surface area contributed by atoms with Gasteiger partial charge in [0, 0.05) is 22.7 Å². The Morgan fingerprint density at radius 3 is 2.51 bits per heavy atom. The summed E-state index contributed by atoms with van der Waals surface area (Å²) in [5.41, 5.74) is 1.47. The lowest BCUT2D eigenvalue weighted by Gasteiger charge is -2.48. The fourth-order valence-corrected chi connectivity index (χ4v) is 5.02. The van der Waals surface area contributed by atoms with Crippen molar-refractivity contribution in [3.05, 3.63) is 42.2 Å². The molecule has 0 aliphatic carbocycles. The highest BCUT2D eigenvalue weighted by Gasteiger charge is 2.61. The van der Waals surface area contributed by atoms with Gasteiger partial charge in [-0.2, -0.15) is 0 Å². The minimum absolute atomic E-state index is 0.242. The fraction of sp³-hybridized carbons (Fsp3) is 0.429. The Bertz CT molecular complexity index is 1450. The van der Waals surface area contributed by atoms with Crippen molar-refractivity contribution in [3.8, 4) is 11.5 Å². The lowest BCUT2D eigenvalue weighted by molar-refractivity contribution is -0.0899. The maximum Gasteiger partial charge on any atom is 0.415 e. The van der Waals surface area contributed by atoms with Gasteiger partial charge < -0.3 is 24.3 Å². The van der Waals surface area contributed by atoms with Crippen molar-refractivity contribution in [1.29, 1.82) is 0 Å². The van der Waals surface area contributed by atoms with Gasteiger partial charge in [0.05, 0.1) is 44.6 Å². The summed E-state index contributed by atoms with van der Waals surface area (Å²) in [5, 5.41) is 4.07. The molecule has 1 N–H and O–H groups in total. The normalized spacial score (nSPS) is 18.1. The highest BCUT2D eigenvalue weighted by atomic mass is 16.6. The second-order valence-corrected chi connectivity index (χ2v) is 10.8. The van der Waals surface area contributed by atoms with Gasteiger partial charge in [-0.3, -0.25) is 9.80 Å². The third-order valence-electron chi connectivity index (χ3n) is 7.16. The van der Waals surface area contributed by atoms with Crippen LogP contribution in [0.3, 0.4) is 0 Å². The quantitative estimate of drug-likeness (QED) is 0.480. The predicted octanol–water partition coefficient (Wildman–Crippen LogP) is 5.03. The molecule has 206 valence electrons. The Kier molecular flexibility index (Phi) is 6.40. The maximum atomic E-state index is 13.2. The number of rotatable bonds is 5. The van der Waals surface area contributed by atoms with E-state index in [1.165, 1.54) is 6.33 Å². The minimum atomic E-state index is -0.847. The smallest absolute Gasteiger partial charge is 0.415 e. The zero-order valence-corrected chi connectivity index (χ0v) is 23.2. The number of hydrogen-bond donors (Lipinski definition) is 1. The molecule has 2 aromatic carbocycles. The molecule has 1 atom stereocenters. The number of aromatic nitrogens is 2. The van der Waals surface area contributed by atoms with Crippen LogP contribution in [-0.2, 0) is 9.47 Å². The summed E-state index contributed by atoms with van der Waals surface area (Å²) in [4.78, 5) is 37.8. The Labute approximate surface area is 227 Å². The van der Waals surface area contributed by atoms with E-state index in [2.05, 4.69) is 15.3 Å². The second-order valence-electron chi connectivity index (χ2n) is 10.8. The van der Waals surface area contributed by atoms with Crippen LogP contribution in [0.15, 0.2) is 36.7 Å². The molecule has 2 saturated heterocycles. The van der Waals surface area contributed by atoms with E-state index in [4.69, 9.17) is 18.9 Å². The van der Waals surface area contributed by atoms with Crippen molar-refractivity contribution >= 4 is 40.3 Å². The highest BCUT2D eigenvalue weighted by Crippen LogP contribution is 2.45. The molecule has 1 spiro atoms. The number of carbonyl (C=O) groups is 2. The SMILES string of the molecule is COc1cc2ncnc(Nc3cccc(OC)c3C)c2cc1N1C(=O)OC2(CN(C(=O)OC(C)(C)C)C2)C1C. The largest absolute Gasteiger partial charge is 0.496 e. The van der Waals surface area contributed by atoms with Gasteiger partial charge in [0.15, 0.2) is 5.60 Å². The molecule has 0 saturated carbocycles. The van der Waals surface area contributed by atoms with Crippen molar-refractivity contribution < 1.29 is 28.5 Å². The first-order chi connectivity index (χ1) is 18.5. The summed E-state index contributed by atoms with van der Waals surface area (Å²) in [5.74, 6) is 1.78. The lowest BCUT2D eigenvalue weighted by atomic mass is 9.87. The zero-order chi connectivity index (χ0) is 28.1. The molecule has 39 heavy (non-hydrogen) atoms. The summed E-state index contributed by atoms with van der Waals surface area (Å²) < 4.78 is 22.5. The minimum Gasteiger partial charge on any atom is -0.496 e. The molecular formula is C28H33N5O6. The number of benzene rings is 2. The number of hydrogen-bond acceptors (Lipinski definition) is 9. The first-order valence-corrected chi connectivity index (χ1v) is 12.7. The molecular weight excluding hydrogens is 502 g/mol. The topological polar surface area (TPSA) is 115 Å². The molecule has 0 bridgehead atoms. The zero-order valence-electron chi connectivity index (χ0n) is 23.2.